The van der Waals surface area contributed by atoms with Gasteiger partial charge in [-0.2, -0.15) is 0 Å². The van der Waals surface area contributed by atoms with Gasteiger partial charge in [-0.1, -0.05) is 24.8 Å². The Morgan fingerprint density at radius 3 is 2.72 bits per heavy atom. The zero-order chi connectivity index (χ0) is 13.5. The molecule has 0 aliphatic carbocycles. The summed E-state index contributed by atoms with van der Waals surface area (Å²) >= 11 is 1.01. The monoisotopic (exact) mass is 267 g/mol. The van der Waals surface area contributed by atoms with E-state index in [1.807, 2.05) is 0 Å². The second kappa shape index (κ2) is 6.90. The van der Waals surface area contributed by atoms with Gasteiger partial charge in [-0.25, -0.2) is 0 Å². The lowest BCUT2D eigenvalue weighted by atomic mass is 10.2. The van der Waals surface area contributed by atoms with E-state index in [9.17, 15) is 19.7 Å². The highest BCUT2D eigenvalue weighted by Crippen LogP contribution is 2.18. The van der Waals surface area contributed by atoms with Crippen LogP contribution in [0.5, 0.6) is 0 Å². The Bertz CT molecular complexity index is 473. The molecule has 0 bridgehead atoms. The maximum absolute atomic E-state index is 11.7. The zero-order valence-electron chi connectivity index (χ0n) is 9.92. The van der Waals surface area contributed by atoms with Crippen molar-refractivity contribution >= 4 is 28.3 Å². The molecule has 0 aliphatic heterocycles. The average Bonchev–Trinajstić information content (AvgIpc) is 2.38. The summed E-state index contributed by atoms with van der Waals surface area (Å²) < 4.78 is 0. The van der Waals surface area contributed by atoms with Crippen LogP contribution < -0.4 is 0 Å². The molecule has 1 aromatic rings. The Morgan fingerprint density at radius 2 is 2.11 bits per heavy atom. The predicted octanol–water partition coefficient (Wildman–Crippen LogP) is 2.84. The molecule has 0 atom stereocenters. The van der Waals surface area contributed by atoms with Crippen LogP contribution in [-0.4, -0.2) is 21.6 Å². The number of hydrogen-bond acceptors (Lipinski definition) is 5. The van der Waals surface area contributed by atoms with Crippen molar-refractivity contribution in [2.24, 2.45) is 0 Å². The number of ketones is 1. The van der Waals surface area contributed by atoms with E-state index >= 15 is 0 Å². The average molecular weight is 267 g/mol. The van der Waals surface area contributed by atoms with Gasteiger partial charge in [0.05, 0.1) is 4.92 Å². The molecule has 0 fully saturated rings. The van der Waals surface area contributed by atoms with Crippen LogP contribution in [0.15, 0.2) is 24.3 Å². The standard InChI is InChI=1S/C12H13NO4S/c1-2-11(14)6-7-18-12(15)9-4-3-5-10(8-9)13(16)17/h3-5,8H,2,6-7H2,1H3. The molecule has 6 heteroatoms. The third kappa shape index (κ3) is 4.29. The van der Waals surface area contributed by atoms with Gasteiger partial charge in [0.15, 0.2) is 0 Å². The number of benzene rings is 1. The van der Waals surface area contributed by atoms with Gasteiger partial charge in [0.1, 0.15) is 5.78 Å². The minimum Gasteiger partial charge on any atom is -0.300 e. The van der Waals surface area contributed by atoms with E-state index in [-0.39, 0.29) is 22.1 Å². The first-order chi connectivity index (χ1) is 8.54. The molecule has 5 nitrogen and oxygen atoms in total. The fraction of sp³-hybridized carbons (Fsp3) is 0.333. The molecule has 0 unspecified atom stereocenters. The molecule has 1 rings (SSSR count). The number of nitro groups is 1. The fourth-order valence-electron chi connectivity index (χ4n) is 1.26. The summed E-state index contributed by atoms with van der Waals surface area (Å²) in [5.74, 6) is 0.517. The van der Waals surface area contributed by atoms with E-state index in [2.05, 4.69) is 0 Å². The maximum Gasteiger partial charge on any atom is 0.270 e. The number of thioether (sulfide) groups is 1. The van der Waals surface area contributed by atoms with Crippen LogP contribution in [0.3, 0.4) is 0 Å². The second-order valence-corrected chi connectivity index (χ2v) is 4.65. The molecule has 0 aliphatic rings. The fourth-order valence-corrected chi connectivity index (χ4v) is 2.07. The van der Waals surface area contributed by atoms with Crippen LogP contribution in [0, 0.1) is 10.1 Å². The van der Waals surface area contributed by atoms with Crippen LogP contribution in [-0.2, 0) is 4.79 Å². The Morgan fingerprint density at radius 1 is 1.39 bits per heavy atom. The van der Waals surface area contributed by atoms with E-state index in [0.717, 1.165) is 11.8 Å². The highest BCUT2D eigenvalue weighted by atomic mass is 32.2. The van der Waals surface area contributed by atoms with Crippen molar-refractivity contribution in [1.82, 2.24) is 0 Å². The van der Waals surface area contributed by atoms with E-state index in [1.165, 1.54) is 24.3 Å². The highest BCUT2D eigenvalue weighted by Gasteiger charge is 2.12. The lowest BCUT2D eigenvalue weighted by molar-refractivity contribution is -0.384. The van der Waals surface area contributed by atoms with E-state index in [1.54, 1.807) is 6.92 Å². The molecule has 0 heterocycles. The summed E-state index contributed by atoms with van der Waals surface area (Å²) in [5.41, 5.74) is 0.184. The van der Waals surface area contributed by atoms with Gasteiger partial charge < -0.3 is 0 Å². The highest BCUT2D eigenvalue weighted by molar-refractivity contribution is 8.14. The number of carbonyl (C=O) groups excluding carboxylic acids is 2. The number of hydrogen-bond donors (Lipinski definition) is 0. The van der Waals surface area contributed by atoms with Crippen molar-refractivity contribution in [3.63, 3.8) is 0 Å². The van der Waals surface area contributed by atoms with Gasteiger partial charge in [-0.15, -0.1) is 0 Å². The number of Topliss-reactive ketones (excluding diaryl/α,β-unsaturated/α-hetero) is 1. The molecular formula is C12H13NO4S. The normalized spacial score (nSPS) is 10.1. The van der Waals surface area contributed by atoms with Crippen LogP contribution in [0.2, 0.25) is 0 Å². The summed E-state index contributed by atoms with van der Waals surface area (Å²) in [6.07, 6.45) is 0.813. The number of non-ortho nitro benzene ring substituents is 1. The molecule has 0 radical (unpaired) electrons. The molecule has 0 saturated carbocycles. The van der Waals surface area contributed by atoms with Crippen molar-refractivity contribution in [3.8, 4) is 0 Å². The molecular weight excluding hydrogens is 254 g/mol. The van der Waals surface area contributed by atoms with Gasteiger partial charge >= 0.3 is 0 Å². The van der Waals surface area contributed by atoms with Gasteiger partial charge in [0.2, 0.25) is 5.12 Å². The first kappa shape index (κ1) is 14.4. The summed E-state index contributed by atoms with van der Waals surface area (Å²) in [4.78, 5) is 32.8. The van der Waals surface area contributed by atoms with Gasteiger partial charge in [-0.3, -0.25) is 19.7 Å². The Hall–Kier alpha value is -1.69. The second-order valence-electron chi connectivity index (χ2n) is 3.59. The van der Waals surface area contributed by atoms with Crippen molar-refractivity contribution < 1.29 is 14.5 Å². The summed E-state index contributed by atoms with van der Waals surface area (Å²) in [7, 11) is 0. The van der Waals surface area contributed by atoms with Crippen LogP contribution in [0.1, 0.15) is 30.1 Å². The topological polar surface area (TPSA) is 77.3 Å². The quantitative estimate of drug-likeness (QED) is 0.585. The molecule has 0 spiro atoms. The van der Waals surface area contributed by atoms with Gasteiger partial charge in [0, 0.05) is 36.3 Å². The summed E-state index contributed by atoms with van der Waals surface area (Å²) in [5, 5.41) is 10.3. The zero-order valence-corrected chi connectivity index (χ0v) is 10.7. The Kier molecular flexibility index (Phi) is 5.51. The molecule has 1 aromatic carbocycles. The van der Waals surface area contributed by atoms with Gasteiger partial charge in [-0.05, 0) is 6.07 Å². The third-order valence-electron chi connectivity index (χ3n) is 2.30. The smallest absolute Gasteiger partial charge is 0.270 e. The Labute approximate surface area is 109 Å². The maximum atomic E-state index is 11.7. The van der Waals surface area contributed by atoms with Gasteiger partial charge in [0.25, 0.3) is 5.69 Å². The molecule has 0 N–H and O–H groups in total. The third-order valence-corrected chi connectivity index (χ3v) is 3.21. The van der Waals surface area contributed by atoms with Crippen molar-refractivity contribution in [2.45, 2.75) is 19.8 Å². The summed E-state index contributed by atoms with van der Waals surface area (Å²) in [6, 6.07) is 5.59. The summed E-state index contributed by atoms with van der Waals surface area (Å²) in [6.45, 7) is 1.77. The molecule has 0 amide bonds. The minimum absolute atomic E-state index is 0.105. The number of nitrogens with zero attached hydrogens (tertiary/aromatic N) is 1. The van der Waals surface area contributed by atoms with Crippen LogP contribution in [0.4, 0.5) is 5.69 Å². The van der Waals surface area contributed by atoms with Crippen LogP contribution >= 0.6 is 11.8 Å². The number of nitro benzene ring substituents is 1. The molecule has 96 valence electrons. The molecule has 18 heavy (non-hydrogen) atoms. The predicted molar refractivity (Wildman–Crippen MR) is 69.8 cm³/mol. The first-order valence-electron chi connectivity index (χ1n) is 5.48. The number of carbonyl (C=O) groups is 2. The van der Waals surface area contributed by atoms with Crippen LogP contribution in [0.25, 0.3) is 0 Å². The van der Waals surface area contributed by atoms with E-state index in [0.29, 0.717) is 18.6 Å². The lowest BCUT2D eigenvalue weighted by Crippen LogP contribution is -2.01. The largest absolute Gasteiger partial charge is 0.300 e. The molecule has 0 saturated heterocycles. The van der Waals surface area contributed by atoms with Crippen molar-refractivity contribution in [1.29, 1.82) is 0 Å². The first-order valence-corrected chi connectivity index (χ1v) is 6.46. The van der Waals surface area contributed by atoms with Crippen molar-refractivity contribution in [3.05, 3.63) is 39.9 Å². The Balaban J connectivity index is 2.59. The SMILES string of the molecule is CCC(=O)CCSC(=O)c1cccc([N+](=O)[O-])c1. The minimum atomic E-state index is -0.540. The number of rotatable bonds is 6. The van der Waals surface area contributed by atoms with E-state index < -0.39 is 4.92 Å². The lowest BCUT2D eigenvalue weighted by Gasteiger charge is -2.00. The molecule has 0 aromatic heterocycles. The van der Waals surface area contributed by atoms with Crippen molar-refractivity contribution in [2.75, 3.05) is 5.75 Å². The van der Waals surface area contributed by atoms with E-state index in [4.69, 9.17) is 0 Å².